The normalized spacial score (nSPS) is 10.7. The maximum Gasteiger partial charge on any atom is 0.356 e. The molecule has 0 aliphatic rings. The van der Waals surface area contributed by atoms with Gasteiger partial charge in [0, 0.05) is 7.05 Å². The lowest BCUT2D eigenvalue weighted by Gasteiger charge is -2.16. The van der Waals surface area contributed by atoms with Crippen LogP contribution in [-0.2, 0) is 12.8 Å². The van der Waals surface area contributed by atoms with E-state index in [2.05, 4.69) is 23.8 Å². The monoisotopic (exact) mass is 288 g/mol. The van der Waals surface area contributed by atoms with Crippen molar-refractivity contribution < 1.29 is 5.11 Å². The van der Waals surface area contributed by atoms with Gasteiger partial charge in [0.1, 0.15) is 13.1 Å². The summed E-state index contributed by atoms with van der Waals surface area (Å²) >= 11 is 0. The number of aryl methyl sites for hydroxylation is 2. The van der Waals surface area contributed by atoms with Gasteiger partial charge in [-0.2, -0.15) is 4.98 Å². The number of para-hydroxylation sites is 1. The number of nitrogens with zero attached hydrogens (tertiary/aromatic N) is 4. The molecular weight excluding hydrogens is 268 g/mol. The highest BCUT2D eigenvalue weighted by Gasteiger charge is 2.12. The zero-order valence-corrected chi connectivity index (χ0v) is 12.6. The van der Waals surface area contributed by atoms with Crippen LogP contribution in [-0.4, -0.2) is 33.4 Å². The standard InChI is InChI=1S/C15H20N4O2/c1-4-11-7-6-8-12(5-2)13(11)19-9-16-14(17-15(19)21)18(3)10-20/h6-9,20H,4-5,10H2,1-3H3. The van der Waals surface area contributed by atoms with Crippen molar-refractivity contribution in [2.24, 2.45) is 0 Å². The fourth-order valence-electron chi connectivity index (χ4n) is 2.25. The van der Waals surface area contributed by atoms with Crippen molar-refractivity contribution in [2.75, 3.05) is 18.7 Å². The Morgan fingerprint density at radius 2 is 1.86 bits per heavy atom. The van der Waals surface area contributed by atoms with E-state index >= 15 is 0 Å². The van der Waals surface area contributed by atoms with E-state index in [9.17, 15) is 4.79 Å². The summed E-state index contributed by atoms with van der Waals surface area (Å²) in [6.45, 7) is 3.87. The Balaban J connectivity index is 2.60. The summed E-state index contributed by atoms with van der Waals surface area (Å²) in [5.41, 5.74) is 2.65. The maximum atomic E-state index is 12.3. The Bertz CT molecular complexity index is 659. The highest BCUT2D eigenvalue weighted by atomic mass is 16.3. The molecule has 112 valence electrons. The Morgan fingerprint density at radius 3 is 2.33 bits per heavy atom. The molecule has 2 rings (SSSR count). The van der Waals surface area contributed by atoms with E-state index in [4.69, 9.17) is 5.11 Å². The average molecular weight is 288 g/mol. The molecule has 0 saturated heterocycles. The number of benzene rings is 1. The summed E-state index contributed by atoms with van der Waals surface area (Å²) in [6, 6.07) is 6.02. The molecule has 0 aliphatic heterocycles. The molecule has 1 aromatic heterocycles. The first kappa shape index (κ1) is 15.2. The van der Waals surface area contributed by atoms with Gasteiger partial charge in [-0.15, -0.1) is 0 Å². The SMILES string of the molecule is CCc1cccc(CC)c1-n1cnc(N(C)CO)nc1=O. The van der Waals surface area contributed by atoms with E-state index in [1.54, 1.807) is 7.05 Å². The van der Waals surface area contributed by atoms with Crippen LogP contribution in [0.1, 0.15) is 25.0 Å². The minimum Gasteiger partial charge on any atom is -0.376 e. The molecule has 2 aromatic rings. The van der Waals surface area contributed by atoms with Crippen LogP contribution in [0.2, 0.25) is 0 Å². The van der Waals surface area contributed by atoms with Crippen LogP contribution >= 0.6 is 0 Å². The van der Waals surface area contributed by atoms with Crippen molar-refractivity contribution in [3.8, 4) is 5.69 Å². The maximum absolute atomic E-state index is 12.3. The summed E-state index contributed by atoms with van der Waals surface area (Å²) in [6.07, 6.45) is 3.13. The first-order chi connectivity index (χ1) is 10.1. The highest BCUT2D eigenvalue weighted by Crippen LogP contribution is 2.19. The molecule has 0 aliphatic carbocycles. The fraction of sp³-hybridized carbons (Fsp3) is 0.400. The number of anilines is 1. The van der Waals surface area contributed by atoms with Crippen molar-refractivity contribution in [2.45, 2.75) is 26.7 Å². The number of rotatable bonds is 5. The van der Waals surface area contributed by atoms with Gasteiger partial charge in [0.05, 0.1) is 5.69 Å². The lowest BCUT2D eigenvalue weighted by atomic mass is 10.0. The van der Waals surface area contributed by atoms with E-state index in [1.807, 2.05) is 18.2 Å². The van der Waals surface area contributed by atoms with E-state index in [0.29, 0.717) is 0 Å². The van der Waals surface area contributed by atoms with Crippen molar-refractivity contribution in [1.29, 1.82) is 0 Å². The zero-order valence-electron chi connectivity index (χ0n) is 12.6. The molecule has 0 atom stereocenters. The van der Waals surface area contributed by atoms with Gasteiger partial charge in [0.2, 0.25) is 5.95 Å². The molecule has 0 spiro atoms. The second-order valence-corrected chi connectivity index (χ2v) is 4.78. The van der Waals surface area contributed by atoms with Gasteiger partial charge in [-0.3, -0.25) is 4.57 Å². The third-order valence-electron chi connectivity index (χ3n) is 3.45. The number of aliphatic hydroxyl groups is 1. The van der Waals surface area contributed by atoms with Gasteiger partial charge in [-0.05, 0) is 24.0 Å². The lowest BCUT2D eigenvalue weighted by Crippen LogP contribution is -2.29. The van der Waals surface area contributed by atoms with E-state index in [0.717, 1.165) is 29.7 Å². The first-order valence-corrected chi connectivity index (χ1v) is 7.01. The lowest BCUT2D eigenvalue weighted by molar-refractivity contribution is 0.296. The van der Waals surface area contributed by atoms with Crippen LogP contribution in [0.25, 0.3) is 5.69 Å². The largest absolute Gasteiger partial charge is 0.376 e. The molecule has 1 aromatic carbocycles. The third-order valence-corrected chi connectivity index (χ3v) is 3.45. The van der Waals surface area contributed by atoms with Crippen LogP contribution in [0.15, 0.2) is 29.3 Å². The molecule has 6 nitrogen and oxygen atoms in total. The Hall–Kier alpha value is -2.21. The molecule has 1 heterocycles. The molecule has 1 N–H and O–H groups in total. The van der Waals surface area contributed by atoms with Crippen LogP contribution in [0.4, 0.5) is 5.95 Å². The molecule has 0 saturated carbocycles. The van der Waals surface area contributed by atoms with Gasteiger partial charge in [0.15, 0.2) is 0 Å². The van der Waals surface area contributed by atoms with Crippen molar-refractivity contribution in [3.63, 3.8) is 0 Å². The summed E-state index contributed by atoms with van der Waals surface area (Å²) in [5.74, 6) is 0.214. The Kier molecular flexibility index (Phi) is 4.70. The summed E-state index contributed by atoms with van der Waals surface area (Å²) in [5, 5.41) is 9.07. The minimum atomic E-state index is -0.393. The second kappa shape index (κ2) is 6.49. The average Bonchev–Trinajstić information content (AvgIpc) is 2.53. The van der Waals surface area contributed by atoms with Gasteiger partial charge in [0.25, 0.3) is 0 Å². The third kappa shape index (κ3) is 2.95. The smallest absolute Gasteiger partial charge is 0.356 e. The van der Waals surface area contributed by atoms with Gasteiger partial charge in [-0.25, -0.2) is 9.78 Å². The molecule has 0 radical (unpaired) electrons. The molecule has 0 bridgehead atoms. The molecule has 0 amide bonds. The van der Waals surface area contributed by atoms with Crippen LogP contribution in [0.3, 0.4) is 0 Å². The fourth-order valence-corrected chi connectivity index (χ4v) is 2.25. The number of aliphatic hydroxyl groups excluding tert-OH is 1. The quantitative estimate of drug-likeness (QED) is 0.835. The van der Waals surface area contributed by atoms with Crippen LogP contribution in [0.5, 0.6) is 0 Å². The number of hydrogen-bond acceptors (Lipinski definition) is 5. The van der Waals surface area contributed by atoms with Crippen molar-refractivity contribution in [3.05, 3.63) is 46.1 Å². The molecule has 6 heteroatoms. The van der Waals surface area contributed by atoms with Crippen LogP contribution in [0, 0.1) is 0 Å². The van der Waals surface area contributed by atoms with E-state index < -0.39 is 5.69 Å². The highest BCUT2D eigenvalue weighted by molar-refractivity contribution is 5.48. The number of hydrogen-bond donors (Lipinski definition) is 1. The van der Waals surface area contributed by atoms with Gasteiger partial charge >= 0.3 is 5.69 Å². The topological polar surface area (TPSA) is 71.2 Å². The van der Waals surface area contributed by atoms with Crippen LogP contribution < -0.4 is 10.6 Å². The van der Waals surface area contributed by atoms with Gasteiger partial charge < -0.3 is 10.0 Å². The first-order valence-electron chi connectivity index (χ1n) is 7.01. The van der Waals surface area contributed by atoms with E-state index in [1.165, 1.54) is 15.8 Å². The second-order valence-electron chi connectivity index (χ2n) is 4.78. The van der Waals surface area contributed by atoms with Crippen molar-refractivity contribution in [1.82, 2.24) is 14.5 Å². The Labute approximate surface area is 123 Å². The number of aromatic nitrogens is 3. The van der Waals surface area contributed by atoms with Crippen molar-refractivity contribution >= 4 is 5.95 Å². The molecule has 21 heavy (non-hydrogen) atoms. The Morgan fingerprint density at radius 1 is 1.24 bits per heavy atom. The molecular formula is C15H20N4O2. The molecule has 0 unspecified atom stereocenters. The summed E-state index contributed by atoms with van der Waals surface area (Å²) in [7, 11) is 1.62. The van der Waals surface area contributed by atoms with Gasteiger partial charge in [-0.1, -0.05) is 32.0 Å². The zero-order chi connectivity index (χ0) is 15.4. The minimum absolute atomic E-state index is 0.214. The van der Waals surface area contributed by atoms with E-state index in [-0.39, 0.29) is 12.7 Å². The predicted octanol–water partition coefficient (Wildman–Crippen LogP) is 1.14. The molecule has 0 fully saturated rings. The summed E-state index contributed by atoms with van der Waals surface area (Å²) < 4.78 is 1.48. The summed E-state index contributed by atoms with van der Waals surface area (Å²) in [4.78, 5) is 21.8. The predicted molar refractivity (Wildman–Crippen MR) is 81.9 cm³/mol.